The van der Waals surface area contributed by atoms with Crippen molar-refractivity contribution in [3.63, 3.8) is 0 Å². The molecule has 1 unspecified atom stereocenters. The van der Waals surface area contributed by atoms with Gasteiger partial charge in [-0.3, -0.25) is 4.98 Å². The van der Waals surface area contributed by atoms with Crippen molar-refractivity contribution in [2.24, 2.45) is 5.92 Å². The minimum absolute atomic E-state index is 0.382. The number of pyridine rings is 1. The molecule has 0 spiro atoms. The fourth-order valence-electron chi connectivity index (χ4n) is 2.78. The van der Waals surface area contributed by atoms with Crippen molar-refractivity contribution in [2.45, 2.75) is 39.2 Å². The minimum atomic E-state index is 0.382. The maximum Gasteiger partial charge on any atom is 0.231 e. The Morgan fingerprint density at radius 2 is 2.20 bits per heavy atom. The lowest BCUT2D eigenvalue weighted by Crippen LogP contribution is -2.09. The molecule has 2 heterocycles. The SMILES string of the molecule is Cc1ccc(COc2nc(C3=CCC(CC=O)CC3)ncc2I)nc1. The number of hydrogen-bond acceptors (Lipinski definition) is 5. The summed E-state index contributed by atoms with van der Waals surface area (Å²) in [4.78, 5) is 24.0. The van der Waals surface area contributed by atoms with Crippen molar-refractivity contribution >= 4 is 34.5 Å². The molecule has 1 aliphatic carbocycles. The van der Waals surface area contributed by atoms with Crippen molar-refractivity contribution in [3.8, 4) is 5.88 Å². The zero-order valence-corrected chi connectivity index (χ0v) is 16.3. The van der Waals surface area contributed by atoms with E-state index >= 15 is 0 Å². The highest BCUT2D eigenvalue weighted by atomic mass is 127. The second-order valence-electron chi connectivity index (χ2n) is 6.23. The van der Waals surface area contributed by atoms with Crippen molar-refractivity contribution in [2.75, 3.05) is 0 Å². The molecule has 0 bridgehead atoms. The van der Waals surface area contributed by atoms with Crippen LogP contribution in [0.25, 0.3) is 5.57 Å². The highest BCUT2D eigenvalue weighted by molar-refractivity contribution is 14.1. The normalized spacial score (nSPS) is 17.0. The van der Waals surface area contributed by atoms with E-state index in [2.05, 4.69) is 43.6 Å². The van der Waals surface area contributed by atoms with Crippen LogP contribution in [0.2, 0.25) is 0 Å². The smallest absolute Gasteiger partial charge is 0.231 e. The molecule has 0 saturated carbocycles. The first-order chi connectivity index (χ1) is 12.2. The Morgan fingerprint density at radius 3 is 2.88 bits per heavy atom. The molecular formula is C19H20IN3O2. The van der Waals surface area contributed by atoms with Gasteiger partial charge in [-0.2, -0.15) is 4.98 Å². The van der Waals surface area contributed by atoms with E-state index in [1.54, 1.807) is 6.20 Å². The molecule has 0 aliphatic heterocycles. The molecule has 0 aromatic carbocycles. The largest absolute Gasteiger partial charge is 0.470 e. The molecule has 6 heteroatoms. The number of aldehydes is 1. The predicted octanol–water partition coefficient (Wildman–Crippen LogP) is 4.14. The summed E-state index contributed by atoms with van der Waals surface area (Å²) in [5.74, 6) is 1.76. The first kappa shape index (κ1) is 18.0. The number of carbonyl (C=O) groups is 1. The third kappa shape index (κ3) is 4.84. The van der Waals surface area contributed by atoms with E-state index < -0.39 is 0 Å². The molecule has 0 fully saturated rings. The lowest BCUT2D eigenvalue weighted by molar-refractivity contribution is -0.108. The van der Waals surface area contributed by atoms with Crippen molar-refractivity contribution < 1.29 is 9.53 Å². The second kappa shape index (κ2) is 8.51. The van der Waals surface area contributed by atoms with Gasteiger partial charge in [0.05, 0.1) is 9.26 Å². The number of ether oxygens (including phenoxy) is 1. The molecule has 0 N–H and O–H groups in total. The number of aromatic nitrogens is 3. The number of nitrogens with zero attached hydrogens (tertiary/aromatic N) is 3. The Hall–Kier alpha value is -1.83. The maximum atomic E-state index is 10.6. The van der Waals surface area contributed by atoms with Crippen LogP contribution in [-0.2, 0) is 11.4 Å². The summed E-state index contributed by atoms with van der Waals surface area (Å²) in [6, 6.07) is 3.98. The Morgan fingerprint density at radius 1 is 1.32 bits per heavy atom. The molecule has 0 amide bonds. The first-order valence-corrected chi connectivity index (χ1v) is 9.43. The van der Waals surface area contributed by atoms with Gasteiger partial charge < -0.3 is 9.53 Å². The van der Waals surface area contributed by atoms with Crippen molar-refractivity contribution in [1.82, 2.24) is 15.0 Å². The fourth-order valence-corrected chi connectivity index (χ4v) is 3.19. The summed E-state index contributed by atoms with van der Waals surface area (Å²) in [7, 11) is 0. The summed E-state index contributed by atoms with van der Waals surface area (Å²) in [5.41, 5.74) is 3.13. The average molecular weight is 449 g/mol. The minimum Gasteiger partial charge on any atom is -0.470 e. The molecule has 2 aromatic heterocycles. The van der Waals surface area contributed by atoms with E-state index in [1.807, 2.05) is 25.3 Å². The lowest BCUT2D eigenvalue weighted by Gasteiger charge is -2.19. The Balaban J connectivity index is 1.70. The molecule has 1 atom stereocenters. The second-order valence-corrected chi connectivity index (χ2v) is 7.40. The van der Waals surface area contributed by atoms with Gasteiger partial charge in [-0.05, 0) is 71.9 Å². The van der Waals surface area contributed by atoms with Gasteiger partial charge in [0.1, 0.15) is 12.9 Å². The van der Waals surface area contributed by atoms with Gasteiger partial charge in [0.2, 0.25) is 5.88 Å². The van der Waals surface area contributed by atoms with Crippen LogP contribution in [0.15, 0.2) is 30.6 Å². The molecule has 1 aliphatic rings. The van der Waals surface area contributed by atoms with Crippen LogP contribution in [0.3, 0.4) is 0 Å². The third-order valence-electron chi connectivity index (χ3n) is 4.28. The first-order valence-electron chi connectivity index (χ1n) is 8.35. The molecular weight excluding hydrogens is 429 g/mol. The van der Waals surface area contributed by atoms with Crippen LogP contribution < -0.4 is 4.74 Å². The summed E-state index contributed by atoms with van der Waals surface area (Å²) < 4.78 is 6.74. The fraction of sp³-hybridized carbons (Fsp3) is 0.368. The van der Waals surface area contributed by atoms with E-state index in [0.717, 1.165) is 51.8 Å². The zero-order valence-electron chi connectivity index (χ0n) is 14.1. The van der Waals surface area contributed by atoms with E-state index in [-0.39, 0.29) is 0 Å². The van der Waals surface area contributed by atoms with Gasteiger partial charge in [0, 0.05) is 18.8 Å². The monoisotopic (exact) mass is 449 g/mol. The van der Waals surface area contributed by atoms with Crippen molar-refractivity contribution in [1.29, 1.82) is 0 Å². The predicted molar refractivity (Wildman–Crippen MR) is 104 cm³/mol. The number of allylic oxidation sites excluding steroid dienone is 2. The molecule has 2 aromatic rings. The van der Waals surface area contributed by atoms with Crippen LogP contribution >= 0.6 is 22.6 Å². The Labute approximate surface area is 161 Å². The Bertz CT molecular complexity index is 775. The van der Waals surface area contributed by atoms with Crippen LogP contribution in [0, 0.1) is 16.4 Å². The molecule has 3 rings (SSSR count). The summed E-state index contributed by atoms with van der Waals surface area (Å²) >= 11 is 2.18. The maximum absolute atomic E-state index is 10.6. The molecule has 130 valence electrons. The number of hydrogen-bond donors (Lipinski definition) is 0. The van der Waals surface area contributed by atoms with E-state index in [1.165, 1.54) is 0 Å². The molecule has 5 nitrogen and oxygen atoms in total. The van der Waals surface area contributed by atoms with Crippen LogP contribution in [-0.4, -0.2) is 21.2 Å². The quantitative estimate of drug-likeness (QED) is 0.490. The standard InChI is InChI=1S/C19H20IN3O2/c1-13-2-7-16(21-10-13)12-25-19-17(20)11-22-18(23-19)15-5-3-14(4-6-15)8-9-24/h2,5,7,9-11,14H,3-4,6,8,12H2,1H3. The van der Waals surface area contributed by atoms with Gasteiger partial charge in [0.15, 0.2) is 5.82 Å². The highest BCUT2D eigenvalue weighted by Crippen LogP contribution is 2.31. The van der Waals surface area contributed by atoms with Gasteiger partial charge in [-0.1, -0.05) is 12.1 Å². The summed E-state index contributed by atoms with van der Waals surface area (Å²) in [5, 5.41) is 0. The lowest BCUT2D eigenvalue weighted by atomic mass is 9.87. The van der Waals surface area contributed by atoms with E-state index in [4.69, 9.17) is 4.74 Å². The zero-order chi connectivity index (χ0) is 17.6. The van der Waals surface area contributed by atoms with Crippen LogP contribution in [0.4, 0.5) is 0 Å². The molecule has 25 heavy (non-hydrogen) atoms. The van der Waals surface area contributed by atoms with Gasteiger partial charge in [-0.25, -0.2) is 4.98 Å². The van der Waals surface area contributed by atoms with Crippen LogP contribution in [0.1, 0.15) is 42.8 Å². The van der Waals surface area contributed by atoms with Crippen molar-refractivity contribution in [3.05, 3.63) is 51.3 Å². The highest BCUT2D eigenvalue weighted by Gasteiger charge is 2.18. The molecule has 0 saturated heterocycles. The van der Waals surface area contributed by atoms with E-state index in [0.29, 0.717) is 24.8 Å². The van der Waals surface area contributed by atoms with Gasteiger partial charge >= 0.3 is 0 Å². The number of aryl methyl sites for hydroxylation is 1. The van der Waals surface area contributed by atoms with Crippen LogP contribution in [0.5, 0.6) is 5.88 Å². The number of rotatable bonds is 6. The van der Waals surface area contributed by atoms with Gasteiger partial charge in [-0.15, -0.1) is 0 Å². The topological polar surface area (TPSA) is 65.0 Å². The third-order valence-corrected chi connectivity index (χ3v) is 5.02. The summed E-state index contributed by atoms with van der Waals surface area (Å²) in [6.45, 7) is 2.39. The Kier molecular flexibility index (Phi) is 6.12. The molecule has 0 radical (unpaired) electrons. The van der Waals surface area contributed by atoms with Gasteiger partial charge in [0.25, 0.3) is 0 Å². The average Bonchev–Trinajstić information content (AvgIpc) is 2.63. The van der Waals surface area contributed by atoms with E-state index in [9.17, 15) is 4.79 Å². The number of carbonyl (C=O) groups excluding carboxylic acids is 1. The number of halogens is 1. The summed E-state index contributed by atoms with van der Waals surface area (Å²) in [6.07, 6.45) is 10.2.